The van der Waals surface area contributed by atoms with Crippen LogP contribution in [0, 0.1) is 5.82 Å². The van der Waals surface area contributed by atoms with E-state index < -0.39 is 0 Å². The standard InChI is InChI=1S/C12H8ClFN4/c13-10-4-5-11-15-16-12(18(11)17-10)7-8-2-1-3-9(14)6-8/h1-6H,7H2. The quantitative estimate of drug-likeness (QED) is 0.713. The number of hydrogen-bond acceptors (Lipinski definition) is 3. The van der Waals surface area contributed by atoms with Crippen LogP contribution in [0.4, 0.5) is 4.39 Å². The number of benzene rings is 1. The lowest BCUT2D eigenvalue weighted by Gasteiger charge is -2.00. The predicted octanol–water partition coefficient (Wildman–Crippen LogP) is 2.51. The van der Waals surface area contributed by atoms with Gasteiger partial charge in [-0.1, -0.05) is 23.7 Å². The maximum Gasteiger partial charge on any atom is 0.178 e. The van der Waals surface area contributed by atoms with E-state index in [0.29, 0.717) is 23.0 Å². The van der Waals surface area contributed by atoms with E-state index in [2.05, 4.69) is 15.3 Å². The lowest BCUT2D eigenvalue weighted by Crippen LogP contribution is -2.00. The summed E-state index contributed by atoms with van der Waals surface area (Å²) in [5, 5.41) is 12.5. The second-order valence-electron chi connectivity index (χ2n) is 3.85. The van der Waals surface area contributed by atoms with Gasteiger partial charge in [-0.05, 0) is 29.8 Å². The predicted molar refractivity (Wildman–Crippen MR) is 65.0 cm³/mol. The smallest absolute Gasteiger partial charge is 0.178 e. The van der Waals surface area contributed by atoms with Gasteiger partial charge in [0.1, 0.15) is 11.0 Å². The van der Waals surface area contributed by atoms with E-state index in [1.54, 1.807) is 22.7 Å². The third kappa shape index (κ3) is 2.04. The molecule has 0 N–H and O–H groups in total. The number of rotatable bonds is 2. The van der Waals surface area contributed by atoms with Crippen LogP contribution >= 0.6 is 11.6 Å². The number of nitrogens with zero attached hydrogens (tertiary/aromatic N) is 4. The Labute approximate surface area is 107 Å². The lowest BCUT2D eigenvalue weighted by molar-refractivity contribution is 0.625. The van der Waals surface area contributed by atoms with Crippen molar-refractivity contribution in [3.63, 3.8) is 0 Å². The molecule has 3 rings (SSSR count). The molecule has 1 aromatic carbocycles. The van der Waals surface area contributed by atoms with E-state index in [0.717, 1.165) is 5.56 Å². The molecular formula is C12H8ClFN4. The second-order valence-corrected chi connectivity index (χ2v) is 4.24. The first-order chi connectivity index (χ1) is 8.72. The Bertz CT molecular complexity index is 710. The van der Waals surface area contributed by atoms with Crippen LogP contribution in [0.3, 0.4) is 0 Å². The average molecular weight is 263 g/mol. The van der Waals surface area contributed by atoms with Gasteiger partial charge in [0.2, 0.25) is 0 Å². The Morgan fingerprint density at radius 2 is 2.06 bits per heavy atom. The molecule has 0 aliphatic heterocycles. The number of fused-ring (bicyclic) bond motifs is 1. The molecule has 6 heteroatoms. The van der Waals surface area contributed by atoms with Crippen molar-refractivity contribution in [2.75, 3.05) is 0 Å². The number of halogens is 2. The van der Waals surface area contributed by atoms with Gasteiger partial charge in [0, 0.05) is 6.42 Å². The average Bonchev–Trinajstić information content (AvgIpc) is 2.72. The van der Waals surface area contributed by atoms with E-state index >= 15 is 0 Å². The highest BCUT2D eigenvalue weighted by molar-refractivity contribution is 6.29. The molecule has 2 aromatic heterocycles. The Kier molecular flexibility index (Phi) is 2.68. The number of hydrogen-bond donors (Lipinski definition) is 0. The summed E-state index contributed by atoms with van der Waals surface area (Å²) in [7, 11) is 0. The maximum atomic E-state index is 13.1. The molecule has 18 heavy (non-hydrogen) atoms. The van der Waals surface area contributed by atoms with Gasteiger partial charge in [0.05, 0.1) is 0 Å². The largest absolute Gasteiger partial charge is 0.207 e. The minimum Gasteiger partial charge on any atom is -0.207 e. The van der Waals surface area contributed by atoms with E-state index in [1.165, 1.54) is 12.1 Å². The minimum absolute atomic E-state index is 0.271. The fraction of sp³-hybridized carbons (Fsp3) is 0.0833. The van der Waals surface area contributed by atoms with Crippen LogP contribution in [0.25, 0.3) is 5.65 Å². The Hall–Kier alpha value is -2.01. The van der Waals surface area contributed by atoms with Crippen molar-refractivity contribution >= 4 is 17.2 Å². The zero-order valence-corrected chi connectivity index (χ0v) is 9.97. The van der Waals surface area contributed by atoms with Crippen molar-refractivity contribution in [2.45, 2.75) is 6.42 Å². The summed E-state index contributed by atoms with van der Waals surface area (Å²) in [6.07, 6.45) is 0.451. The van der Waals surface area contributed by atoms with Gasteiger partial charge in [-0.15, -0.1) is 10.2 Å². The summed E-state index contributed by atoms with van der Waals surface area (Å²) in [6, 6.07) is 9.74. The number of aromatic nitrogens is 4. The highest BCUT2D eigenvalue weighted by Crippen LogP contribution is 2.12. The molecular weight excluding hydrogens is 255 g/mol. The van der Waals surface area contributed by atoms with Gasteiger partial charge in [-0.3, -0.25) is 0 Å². The maximum absolute atomic E-state index is 13.1. The first-order valence-electron chi connectivity index (χ1n) is 5.34. The van der Waals surface area contributed by atoms with E-state index in [1.807, 2.05) is 6.07 Å². The van der Waals surface area contributed by atoms with Gasteiger partial charge in [0.25, 0.3) is 0 Å². The molecule has 0 bridgehead atoms. The highest BCUT2D eigenvalue weighted by atomic mass is 35.5. The first-order valence-corrected chi connectivity index (χ1v) is 5.71. The van der Waals surface area contributed by atoms with Gasteiger partial charge in [-0.2, -0.15) is 9.61 Å². The fourth-order valence-corrected chi connectivity index (χ4v) is 1.89. The normalized spacial score (nSPS) is 11.0. The summed E-state index contributed by atoms with van der Waals surface area (Å²) in [5.74, 6) is 0.352. The van der Waals surface area contributed by atoms with Crippen molar-refractivity contribution in [2.24, 2.45) is 0 Å². The molecule has 0 saturated carbocycles. The van der Waals surface area contributed by atoms with Crippen LogP contribution in [0.5, 0.6) is 0 Å². The van der Waals surface area contributed by atoms with Crippen LogP contribution in [-0.4, -0.2) is 19.8 Å². The van der Waals surface area contributed by atoms with Crippen molar-refractivity contribution in [1.82, 2.24) is 19.8 Å². The zero-order chi connectivity index (χ0) is 12.5. The third-order valence-electron chi connectivity index (χ3n) is 2.55. The van der Waals surface area contributed by atoms with Crippen LogP contribution in [-0.2, 0) is 6.42 Å². The van der Waals surface area contributed by atoms with Gasteiger partial charge in [0.15, 0.2) is 11.5 Å². The van der Waals surface area contributed by atoms with Crippen molar-refractivity contribution in [1.29, 1.82) is 0 Å². The van der Waals surface area contributed by atoms with Gasteiger partial charge >= 0.3 is 0 Å². The van der Waals surface area contributed by atoms with Gasteiger partial charge in [-0.25, -0.2) is 4.39 Å². The van der Waals surface area contributed by atoms with Crippen molar-refractivity contribution in [3.05, 3.63) is 58.8 Å². The molecule has 2 heterocycles. The van der Waals surface area contributed by atoms with E-state index in [-0.39, 0.29) is 5.82 Å². The highest BCUT2D eigenvalue weighted by Gasteiger charge is 2.08. The summed E-state index contributed by atoms with van der Waals surface area (Å²) in [5.41, 5.74) is 1.43. The lowest BCUT2D eigenvalue weighted by atomic mass is 10.1. The molecule has 0 aliphatic carbocycles. The molecule has 0 aliphatic rings. The molecule has 90 valence electrons. The molecule has 0 fully saturated rings. The van der Waals surface area contributed by atoms with Crippen LogP contribution in [0.1, 0.15) is 11.4 Å². The van der Waals surface area contributed by atoms with Crippen LogP contribution in [0.15, 0.2) is 36.4 Å². The summed E-state index contributed by atoms with van der Waals surface area (Å²) in [6.45, 7) is 0. The molecule has 4 nitrogen and oxygen atoms in total. The Morgan fingerprint density at radius 1 is 1.17 bits per heavy atom. The summed E-state index contributed by atoms with van der Waals surface area (Å²) >= 11 is 5.83. The minimum atomic E-state index is -0.271. The van der Waals surface area contributed by atoms with Crippen LogP contribution < -0.4 is 0 Å². The molecule has 0 unspecified atom stereocenters. The monoisotopic (exact) mass is 262 g/mol. The molecule has 0 amide bonds. The Morgan fingerprint density at radius 3 is 2.89 bits per heavy atom. The fourth-order valence-electron chi connectivity index (χ4n) is 1.75. The van der Waals surface area contributed by atoms with Crippen LogP contribution in [0.2, 0.25) is 5.15 Å². The zero-order valence-electron chi connectivity index (χ0n) is 9.22. The SMILES string of the molecule is Fc1cccc(Cc2nnc3ccc(Cl)nn23)c1. The molecule has 0 spiro atoms. The molecule has 0 saturated heterocycles. The molecule has 0 radical (unpaired) electrons. The van der Waals surface area contributed by atoms with Crippen molar-refractivity contribution < 1.29 is 4.39 Å². The second kappa shape index (κ2) is 4.34. The topological polar surface area (TPSA) is 43.1 Å². The Balaban J connectivity index is 2.02. The third-order valence-corrected chi connectivity index (χ3v) is 2.75. The van der Waals surface area contributed by atoms with Gasteiger partial charge < -0.3 is 0 Å². The van der Waals surface area contributed by atoms with E-state index in [4.69, 9.17) is 11.6 Å². The van der Waals surface area contributed by atoms with Crippen molar-refractivity contribution in [3.8, 4) is 0 Å². The van der Waals surface area contributed by atoms with E-state index in [9.17, 15) is 4.39 Å². The molecule has 3 aromatic rings. The first kappa shape index (κ1) is 11.1. The molecule has 0 atom stereocenters. The summed E-state index contributed by atoms with van der Waals surface area (Å²) < 4.78 is 14.7. The summed E-state index contributed by atoms with van der Waals surface area (Å²) in [4.78, 5) is 0.